The van der Waals surface area contributed by atoms with Gasteiger partial charge in [0.25, 0.3) is 0 Å². The molecule has 3 atom stereocenters. The van der Waals surface area contributed by atoms with E-state index in [9.17, 15) is 0 Å². The van der Waals surface area contributed by atoms with Crippen molar-refractivity contribution in [1.82, 2.24) is 5.32 Å². The van der Waals surface area contributed by atoms with Crippen LogP contribution in [0, 0.1) is 11.8 Å². The summed E-state index contributed by atoms with van der Waals surface area (Å²) in [6.07, 6.45) is 1.31. The molecule has 0 spiro atoms. The third-order valence-corrected chi connectivity index (χ3v) is 3.68. The van der Waals surface area contributed by atoms with E-state index < -0.39 is 0 Å². The predicted octanol–water partition coefficient (Wildman–Crippen LogP) is 2.62. The van der Waals surface area contributed by atoms with Gasteiger partial charge >= 0.3 is 0 Å². The maximum atomic E-state index is 5.35. The molecular formula is C14H21NO2. The molecule has 94 valence electrons. The van der Waals surface area contributed by atoms with Crippen molar-refractivity contribution < 1.29 is 9.47 Å². The van der Waals surface area contributed by atoms with Crippen molar-refractivity contribution in [2.24, 2.45) is 11.8 Å². The van der Waals surface area contributed by atoms with Crippen LogP contribution in [-0.2, 0) is 0 Å². The molecule has 0 bridgehead atoms. The first-order valence-corrected chi connectivity index (χ1v) is 6.10. The molecule has 17 heavy (non-hydrogen) atoms. The van der Waals surface area contributed by atoms with Gasteiger partial charge in [-0.3, -0.25) is 0 Å². The molecular weight excluding hydrogens is 214 g/mol. The van der Waals surface area contributed by atoms with Gasteiger partial charge in [-0.25, -0.2) is 0 Å². The van der Waals surface area contributed by atoms with E-state index in [1.54, 1.807) is 14.2 Å². The number of benzene rings is 1. The molecule has 3 unspecified atom stereocenters. The first kappa shape index (κ1) is 12.2. The Morgan fingerprint density at radius 3 is 2.35 bits per heavy atom. The van der Waals surface area contributed by atoms with E-state index in [-0.39, 0.29) is 0 Å². The molecule has 1 aromatic carbocycles. The lowest BCUT2D eigenvalue weighted by atomic mass is 10.0. The number of hydrogen-bond acceptors (Lipinski definition) is 3. The molecule has 1 fully saturated rings. The number of methoxy groups -OCH3 is 2. The summed E-state index contributed by atoms with van der Waals surface area (Å²) in [4.78, 5) is 0. The fraction of sp³-hybridized carbons (Fsp3) is 0.571. The van der Waals surface area contributed by atoms with E-state index in [1.165, 1.54) is 12.0 Å². The summed E-state index contributed by atoms with van der Waals surface area (Å²) < 4.78 is 10.6. The summed E-state index contributed by atoms with van der Waals surface area (Å²) in [5.74, 6) is 3.16. The van der Waals surface area contributed by atoms with E-state index in [0.717, 1.165) is 23.3 Å². The third kappa shape index (κ3) is 2.39. The average Bonchev–Trinajstić information content (AvgIpc) is 3.07. The van der Waals surface area contributed by atoms with E-state index in [1.807, 2.05) is 13.1 Å². The normalized spacial score (nSPS) is 24.2. The molecule has 1 aliphatic carbocycles. The molecule has 1 aromatic rings. The first-order valence-electron chi connectivity index (χ1n) is 6.10. The Bertz CT molecular complexity index is 392. The lowest BCUT2D eigenvalue weighted by Gasteiger charge is -2.18. The van der Waals surface area contributed by atoms with Crippen molar-refractivity contribution in [3.63, 3.8) is 0 Å². The lowest BCUT2D eigenvalue weighted by Crippen LogP contribution is -2.19. The van der Waals surface area contributed by atoms with Crippen LogP contribution < -0.4 is 14.8 Å². The monoisotopic (exact) mass is 235 g/mol. The van der Waals surface area contributed by atoms with Crippen LogP contribution >= 0.6 is 0 Å². The zero-order valence-corrected chi connectivity index (χ0v) is 11.0. The van der Waals surface area contributed by atoms with Crippen LogP contribution in [0.4, 0.5) is 0 Å². The van der Waals surface area contributed by atoms with Gasteiger partial charge in [-0.05, 0) is 43.0 Å². The SMILES string of the molecule is CNC(c1ccc(OC)c(OC)c1)C1CC1C. The number of hydrogen-bond donors (Lipinski definition) is 1. The molecule has 1 saturated carbocycles. The van der Waals surface area contributed by atoms with Crippen molar-refractivity contribution in [1.29, 1.82) is 0 Å². The molecule has 0 saturated heterocycles. The van der Waals surface area contributed by atoms with Crippen LogP contribution in [-0.4, -0.2) is 21.3 Å². The molecule has 0 radical (unpaired) electrons. The van der Waals surface area contributed by atoms with Crippen LogP contribution in [0.3, 0.4) is 0 Å². The van der Waals surface area contributed by atoms with Gasteiger partial charge in [-0.2, -0.15) is 0 Å². The summed E-state index contributed by atoms with van der Waals surface area (Å²) in [6, 6.07) is 6.59. The largest absolute Gasteiger partial charge is 0.493 e. The third-order valence-electron chi connectivity index (χ3n) is 3.68. The number of nitrogens with one attached hydrogen (secondary N) is 1. The second-order valence-corrected chi connectivity index (χ2v) is 4.76. The fourth-order valence-corrected chi connectivity index (χ4v) is 2.49. The van der Waals surface area contributed by atoms with Crippen molar-refractivity contribution >= 4 is 0 Å². The topological polar surface area (TPSA) is 30.5 Å². The van der Waals surface area contributed by atoms with Gasteiger partial charge in [0.15, 0.2) is 11.5 Å². The minimum Gasteiger partial charge on any atom is -0.493 e. The van der Waals surface area contributed by atoms with Crippen molar-refractivity contribution in [3.05, 3.63) is 23.8 Å². The van der Waals surface area contributed by atoms with Crippen LogP contribution in [0.2, 0.25) is 0 Å². The van der Waals surface area contributed by atoms with Crippen molar-refractivity contribution in [3.8, 4) is 11.5 Å². The van der Waals surface area contributed by atoms with E-state index >= 15 is 0 Å². The van der Waals surface area contributed by atoms with E-state index in [4.69, 9.17) is 9.47 Å². The highest BCUT2D eigenvalue weighted by Crippen LogP contribution is 2.47. The van der Waals surface area contributed by atoms with Gasteiger partial charge in [0.2, 0.25) is 0 Å². The second kappa shape index (κ2) is 4.96. The Kier molecular flexibility index (Phi) is 3.57. The Morgan fingerprint density at radius 2 is 1.88 bits per heavy atom. The van der Waals surface area contributed by atoms with Gasteiger partial charge < -0.3 is 14.8 Å². The van der Waals surface area contributed by atoms with Crippen molar-refractivity contribution in [2.45, 2.75) is 19.4 Å². The smallest absolute Gasteiger partial charge is 0.161 e. The summed E-state index contributed by atoms with van der Waals surface area (Å²) in [6.45, 7) is 2.30. The standard InChI is InChI=1S/C14H21NO2/c1-9-7-11(9)14(15-2)10-5-6-12(16-3)13(8-10)17-4/h5-6,8-9,11,14-15H,7H2,1-4H3. The second-order valence-electron chi connectivity index (χ2n) is 4.76. The molecule has 1 aliphatic rings. The quantitative estimate of drug-likeness (QED) is 0.851. The molecule has 0 amide bonds. The van der Waals surface area contributed by atoms with Crippen LogP contribution in [0.25, 0.3) is 0 Å². The fourth-order valence-electron chi connectivity index (χ4n) is 2.49. The molecule has 0 heterocycles. The Morgan fingerprint density at radius 1 is 1.24 bits per heavy atom. The Labute approximate surface area is 103 Å². The maximum absolute atomic E-state index is 5.35. The minimum atomic E-state index is 0.421. The number of ether oxygens (including phenoxy) is 2. The van der Waals surface area contributed by atoms with Gasteiger partial charge in [-0.1, -0.05) is 13.0 Å². The molecule has 3 heteroatoms. The zero-order chi connectivity index (χ0) is 12.4. The highest BCUT2D eigenvalue weighted by Gasteiger charge is 2.39. The highest BCUT2D eigenvalue weighted by atomic mass is 16.5. The molecule has 3 nitrogen and oxygen atoms in total. The van der Waals surface area contributed by atoms with Crippen LogP contribution in [0.5, 0.6) is 11.5 Å². The Balaban J connectivity index is 2.25. The van der Waals surface area contributed by atoms with Crippen molar-refractivity contribution in [2.75, 3.05) is 21.3 Å². The summed E-state index contributed by atoms with van der Waals surface area (Å²) in [7, 11) is 5.36. The lowest BCUT2D eigenvalue weighted by molar-refractivity contribution is 0.353. The molecule has 2 rings (SSSR count). The van der Waals surface area contributed by atoms with E-state index in [0.29, 0.717) is 6.04 Å². The van der Waals surface area contributed by atoms with Gasteiger partial charge in [0.05, 0.1) is 14.2 Å². The highest BCUT2D eigenvalue weighted by molar-refractivity contribution is 5.44. The summed E-state index contributed by atoms with van der Waals surface area (Å²) in [5.41, 5.74) is 1.28. The maximum Gasteiger partial charge on any atom is 0.161 e. The summed E-state index contributed by atoms with van der Waals surface area (Å²) in [5, 5.41) is 3.40. The van der Waals surface area contributed by atoms with Gasteiger partial charge in [-0.15, -0.1) is 0 Å². The average molecular weight is 235 g/mol. The minimum absolute atomic E-state index is 0.421. The molecule has 1 N–H and O–H groups in total. The predicted molar refractivity (Wildman–Crippen MR) is 68.6 cm³/mol. The van der Waals surface area contributed by atoms with E-state index in [2.05, 4.69) is 24.4 Å². The van der Waals surface area contributed by atoms with Crippen LogP contribution in [0.1, 0.15) is 24.9 Å². The molecule has 0 aliphatic heterocycles. The summed E-state index contributed by atoms with van der Waals surface area (Å²) >= 11 is 0. The van der Waals surface area contributed by atoms with Gasteiger partial charge in [0, 0.05) is 6.04 Å². The van der Waals surface area contributed by atoms with Gasteiger partial charge in [0.1, 0.15) is 0 Å². The number of rotatable bonds is 5. The Hall–Kier alpha value is -1.22. The van der Waals surface area contributed by atoms with Crippen LogP contribution in [0.15, 0.2) is 18.2 Å². The molecule has 0 aromatic heterocycles. The zero-order valence-electron chi connectivity index (χ0n) is 11.0. The first-order chi connectivity index (χ1) is 8.21.